The van der Waals surface area contributed by atoms with Gasteiger partial charge in [0.15, 0.2) is 0 Å². The molecule has 7 heteroatoms. The van der Waals surface area contributed by atoms with Crippen LogP contribution in [0.4, 0.5) is 5.69 Å². The SMILES string of the molecule is O=C(C=Cc1ccccc1Cl)NNC(=O)CCC(=O)Nc1ccccc1. The Morgan fingerprint density at radius 2 is 1.50 bits per heavy atom. The lowest BCUT2D eigenvalue weighted by molar-refractivity contribution is -0.128. The van der Waals surface area contributed by atoms with Gasteiger partial charge in [0.05, 0.1) is 0 Å². The highest BCUT2D eigenvalue weighted by Gasteiger charge is 2.07. The number of halogens is 1. The lowest BCUT2D eigenvalue weighted by Gasteiger charge is -2.06. The van der Waals surface area contributed by atoms with E-state index in [0.29, 0.717) is 16.3 Å². The first-order chi connectivity index (χ1) is 12.5. The summed E-state index contributed by atoms with van der Waals surface area (Å²) in [6.07, 6.45) is 2.75. The summed E-state index contributed by atoms with van der Waals surface area (Å²) in [6, 6.07) is 16.0. The molecule has 134 valence electrons. The molecule has 3 amide bonds. The molecule has 2 aromatic carbocycles. The molecular weight excluding hydrogens is 354 g/mol. The van der Waals surface area contributed by atoms with Crippen LogP contribution in [0, 0.1) is 0 Å². The predicted molar refractivity (Wildman–Crippen MR) is 101 cm³/mol. The van der Waals surface area contributed by atoms with Gasteiger partial charge in [0.2, 0.25) is 11.8 Å². The summed E-state index contributed by atoms with van der Waals surface area (Å²) >= 11 is 5.97. The maximum absolute atomic E-state index is 11.7. The molecule has 0 aliphatic rings. The second-order valence-corrected chi connectivity index (χ2v) is 5.71. The van der Waals surface area contributed by atoms with E-state index in [4.69, 9.17) is 11.6 Å². The zero-order valence-electron chi connectivity index (χ0n) is 13.9. The molecule has 0 spiro atoms. The van der Waals surface area contributed by atoms with Gasteiger partial charge in [0.1, 0.15) is 0 Å². The number of amides is 3. The summed E-state index contributed by atoms with van der Waals surface area (Å²) in [7, 11) is 0. The quantitative estimate of drug-likeness (QED) is 0.539. The van der Waals surface area contributed by atoms with Crippen LogP contribution in [0.3, 0.4) is 0 Å². The number of hydrazine groups is 1. The highest BCUT2D eigenvalue weighted by molar-refractivity contribution is 6.32. The van der Waals surface area contributed by atoms with E-state index in [1.807, 2.05) is 6.07 Å². The first-order valence-corrected chi connectivity index (χ1v) is 8.29. The van der Waals surface area contributed by atoms with Crippen molar-refractivity contribution in [2.24, 2.45) is 0 Å². The standard InChI is InChI=1S/C19H18ClN3O3/c20-16-9-5-4-6-14(16)10-11-18(25)22-23-19(26)13-12-17(24)21-15-7-2-1-3-8-15/h1-11H,12-13H2,(H,21,24)(H,22,25)(H,23,26). The Bertz CT molecular complexity index is 807. The maximum atomic E-state index is 11.7. The molecule has 6 nitrogen and oxygen atoms in total. The van der Waals surface area contributed by atoms with Crippen molar-refractivity contribution in [1.29, 1.82) is 0 Å². The Kier molecular flexibility index (Phi) is 7.39. The van der Waals surface area contributed by atoms with Crippen LogP contribution in [-0.4, -0.2) is 17.7 Å². The van der Waals surface area contributed by atoms with Gasteiger partial charge in [0, 0.05) is 29.6 Å². The van der Waals surface area contributed by atoms with Crippen LogP contribution in [0.15, 0.2) is 60.7 Å². The molecule has 0 aliphatic carbocycles. The fourth-order valence-corrected chi connectivity index (χ4v) is 2.18. The lowest BCUT2D eigenvalue weighted by atomic mass is 10.2. The molecular formula is C19H18ClN3O3. The van der Waals surface area contributed by atoms with Gasteiger partial charge in [-0.3, -0.25) is 25.2 Å². The summed E-state index contributed by atoms with van der Waals surface area (Å²) in [6.45, 7) is 0. The lowest BCUT2D eigenvalue weighted by Crippen LogP contribution is -2.41. The van der Waals surface area contributed by atoms with Gasteiger partial charge in [-0.15, -0.1) is 0 Å². The van der Waals surface area contributed by atoms with Crippen LogP contribution < -0.4 is 16.2 Å². The van der Waals surface area contributed by atoms with Gasteiger partial charge in [-0.1, -0.05) is 48.0 Å². The number of benzene rings is 2. The fraction of sp³-hybridized carbons (Fsp3) is 0.105. The van der Waals surface area contributed by atoms with Crippen molar-refractivity contribution in [2.75, 3.05) is 5.32 Å². The van der Waals surface area contributed by atoms with E-state index in [1.165, 1.54) is 12.2 Å². The zero-order chi connectivity index (χ0) is 18.8. The van der Waals surface area contributed by atoms with Crippen molar-refractivity contribution in [3.63, 3.8) is 0 Å². The molecule has 0 saturated carbocycles. The zero-order valence-corrected chi connectivity index (χ0v) is 14.6. The van der Waals surface area contributed by atoms with Gasteiger partial charge in [-0.2, -0.15) is 0 Å². The third-order valence-corrected chi connectivity index (χ3v) is 3.63. The molecule has 0 radical (unpaired) electrons. The second kappa shape index (κ2) is 10.0. The van der Waals surface area contributed by atoms with Crippen molar-refractivity contribution >= 4 is 41.1 Å². The number of hydrogen-bond donors (Lipinski definition) is 3. The Morgan fingerprint density at radius 1 is 0.846 bits per heavy atom. The van der Waals surface area contributed by atoms with E-state index in [2.05, 4.69) is 16.2 Å². The van der Waals surface area contributed by atoms with Crippen LogP contribution in [0.1, 0.15) is 18.4 Å². The monoisotopic (exact) mass is 371 g/mol. The number of para-hydroxylation sites is 1. The molecule has 26 heavy (non-hydrogen) atoms. The largest absolute Gasteiger partial charge is 0.326 e. The van der Waals surface area contributed by atoms with Crippen LogP contribution >= 0.6 is 11.6 Å². The molecule has 0 aliphatic heterocycles. The molecule has 0 heterocycles. The van der Waals surface area contributed by atoms with E-state index in [0.717, 1.165) is 0 Å². The smallest absolute Gasteiger partial charge is 0.262 e. The van der Waals surface area contributed by atoms with E-state index in [9.17, 15) is 14.4 Å². The summed E-state index contributed by atoms with van der Waals surface area (Å²) in [5.74, 6) is -1.25. The molecule has 2 aromatic rings. The van der Waals surface area contributed by atoms with Crippen LogP contribution in [0.5, 0.6) is 0 Å². The fourth-order valence-electron chi connectivity index (χ4n) is 1.98. The first kappa shape index (κ1) is 19.2. The van der Waals surface area contributed by atoms with Crippen LogP contribution in [0.25, 0.3) is 6.08 Å². The normalized spacial score (nSPS) is 10.3. The van der Waals surface area contributed by atoms with Gasteiger partial charge in [-0.25, -0.2) is 0 Å². The van der Waals surface area contributed by atoms with Crippen molar-refractivity contribution in [3.8, 4) is 0 Å². The molecule has 0 saturated heterocycles. The number of carbonyl (C=O) groups is 3. The van der Waals surface area contributed by atoms with Gasteiger partial charge < -0.3 is 5.32 Å². The number of carbonyl (C=O) groups excluding carboxylic acids is 3. The van der Waals surface area contributed by atoms with E-state index >= 15 is 0 Å². The van der Waals surface area contributed by atoms with E-state index < -0.39 is 11.8 Å². The molecule has 3 N–H and O–H groups in total. The molecule has 0 atom stereocenters. The van der Waals surface area contributed by atoms with Crippen LogP contribution in [0.2, 0.25) is 5.02 Å². The maximum Gasteiger partial charge on any atom is 0.262 e. The first-order valence-electron chi connectivity index (χ1n) is 7.91. The van der Waals surface area contributed by atoms with Crippen molar-refractivity contribution in [2.45, 2.75) is 12.8 Å². The van der Waals surface area contributed by atoms with Crippen LogP contribution in [-0.2, 0) is 14.4 Å². The van der Waals surface area contributed by atoms with Gasteiger partial charge in [-0.05, 0) is 29.8 Å². The Morgan fingerprint density at radius 3 is 2.23 bits per heavy atom. The number of hydrogen-bond acceptors (Lipinski definition) is 3. The summed E-state index contributed by atoms with van der Waals surface area (Å²) in [5.41, 5.74) is 5.85. The third kappa shape index (κ3) is 6.78. The molecule has 2 rings (SSSR count). The Balaban J connectivity index is 1.69. The summed E-state index contributed by atoms with van der Waals surface area (Å²) in [5, 5.41) is 3.19. The molecule has 0 bridgehead atoms. The average molecular weight is 372 g/mol. The second-order valence-electron chi connectivity index (χ2n) is 5.31. The Labute approximate surface area is 156 Å². The average Bonchev–Trinajstić information content (AvgIpc) is 2.65. The predicted octanol–water partition coefficient (Wildman–Crippen LogP) is 2.92. The highest BCUT2D eigenvalue weighted by atomic mass is 35.5. The molecule has 0 aromatic heterocycles. The minimum absolute atomic E-state index is 0.00601. The molecule has 0 fully saturated rings. The number of anilines is 1. The minimum atomic E-state index is -0.507. The number of rotatable bonds is 6. The van der Waals surface area contributed by atoms with Gasteiger partial charge in [0.25, 0.3) is 5.91 Å². The molecule has 0 unspecified atom stereocenters. The highest BCUT2D eigenvalue weighted by Crippen LogP contribution is 2.15. The van der Waals surface area contributed by atoms with Crippen molar-refractivity contribution < 1.29 is 14.4 Å². The third-order valence-electron chi connectivity index (χ3n) is 3.28. The summed E-state index contributed by atoms with van der Waals surface area (Å²) in [4.78, 5) is 35.1. The minimum Gasteiger partial charge on any atom is -0.326 e. The van der Waals surface area contributed by atoms with Gasteiger partial charge >= 0.3 is 0 Å². The Hall–Kier alpha value is -3.12. The topological polar surface area (TPSA) is 87.3 Å². The summed E-state index contributed by atoms with van der Waals surface area (Å²) < 4.78 is 0. The number of nitrogens with one attached hydrogen (secondary N) is 3. The van der Waals surface area contributed by atoms with Crippen molar-refractivity contribution in [3.05, 3.63) is 71.3 Å². The van der Waals surface area contributed by atoms with E-state index in [-0.39, 0.29) is 18.7 Å². The van der Waals surface area contributed by atoms with Crippen molar-refractivity contribution in [1.82, 2.24) is 10.9 Å². The van der Waals surface area contributed by atoms with E-state index in [1.54, 1.807) is 48.5 Å².